The van der Waals surface area contributed by atoms with Crippen molar-refractivity contribution >= 4 is 0 Å². The summed E-state index contributed by atoms with van der Waals surface area (Å²) in [6.45, 7) is -2.46. The predicted octanol–water partition coefficient (Wildman–Crippen LogP) is 3.33. The normalized spacial score (nSPS) is 25.0. The van der Waals surface area contributed by atoms with Crippen molar-refractivity contribution in [3.8, 4) is 5.88 Å². The van der Waals surface area contributed by atoms with Gasteiger partial charge in [0.15, 0.2) is 12.2 Å². The first-order valence-electron chi connectivity index (χ1n) is 10.6. The molecule has 1 aromatic carbocycles. The molecule has 3 aliphatic rings. The van der Waals surface area contributed by atoms with E-state index < -0.39 is 58.9 Å². The van der Waals surface area contributed by atoms with E-state index in [2.05, 4.69) is 30.5 Å². The topological polar surface area (TPSA) is 98.8 Å². The molecule has 15 heteroatoms. The second kappa shape index (κ2) is 7.82. The molecular formula is C21H17F7N6O2. The van der Waals surface area contributed by atoms with Gasteiger partial charge < -0.3 is 9.84 Å². The maximum Gasteiger partial charge on any atom is 0.422 e. The van der Waals surface area contributed by atoms with Gasteiger partial charge in [0.2, 0.25) is 5.88 Å². The van der Waals surface area contributed by atoms with Gasteiger partial charge in [-0.1, -0.05) is 0 Å². The molecule has 192 valence electrons. The maximum absolute atomic E-state index is 16.1. The molecule has 0 aliphatic heterocycles. The number of ether oxygens (including phenoxy) is 1. The molecule has 0 spiro atoms. The second-order valence-electron chi connectivity index (χ2n) is 9.32. The molecule has 3 aliphatic carbocycles. The number of hydrogen-bond acceptors (Lipinski definition) is 7. The van der Waals surface area contributed by atoms with Gasteiger partial charge in [-0.3, -0.25) is 0 Å². The van der Waals surface area contributed by atoms with Gasteiger partial charge in [-0.05, 0) is 47.9 Å². The van der Waals surface area contributed by atoms with Crippen molar-refractivity contribution in [3.05, 3.63) is 59.6 Å². The lowest BCUT2D eigenvalue weighted by atomic mass is 9.31. The minimum atomic E-state index is -4.56. The maximum atomic E-state index is 16.1. The number of rotatable bonds is 8. The van der Waals surface area contributed by atoms with E-state index in [9.17, 15) is 27.1 Å². The smallest absolute Gasteiger partial charge is 0.422 e. The van der Waals surface area contributed by atoms with E-state index in [0.717, 1.165) is 23.1 Å². The molecule has 0 saturated heterocycles. The van der Waals surface area contributed by atoms with Gasteiger partial charge >= 0.3 is 6.18 Å². The SMILES string of the molecule is O[C@@](Cn1cnnn1)(c1ccc(F)cc1F)C(F)(F)C12CC(c3ccc(OCC(F)(F)F)nn3)(C1)C2. The van der Waals surface area contributed by atoms with Crippen LogP contribution in [0.25, 0.3) is 0 Å². The second-order valence-corrected chi connectivity index (χ2v) is 9.32. The Bertz CT molecular complexity index is 1250. The van der Waals surface area contributed by atoms with Crippen molar-refractivity contribution in [2.75, 3.05) is 6.61 Å². The average Bonchev–Trinajstić information content (AvgIpc) is 3.23. The third kappa shape index (κ3) is 3.67. The standard InChI is InChI=1S/C21H17F7N6O2/c22-12-1-2-13(14(23)5-12)19(35,9-34-11-29-32-33-34)21(27,28)18-6-17(7-18,8-18)15-3-4-16(31-30-15)36-10-20(24,25)26/h1-5,11,35H,6-10H2/t17?,18?,19-/m0/s1. The van der Waals surface area contributed by atoms with Gasteiger partial charge in [0.05, 0.1) is 12.2 Å². The summed E-state index contributed by atoms with van der Waals surface area (Å²) in [5, 5.41) is 28.9. The summed E-state index contributed by atoms with van der Waals surface area (Å²) in [7, 11) is 0. The Balaban J connectivity index is 1.39. The van der Waals surface area contributed by atoms with Crippen LogP contribution in [-0.4, -0.2) is 54.2 Å². The highest BCUT2D eigenvalue weighted by atomic mass is 19.4. The number of nitrogens with zero attached hydrogens (tertiary/aromatic N) is 6. The molecule has 8 nitrogen and oxygen atoms in total. The van der Waals surface area contributed by atoms with Crippen molar-refractivity contribution in [1.82, 2.24) is 30.4 Å². The average molecular weight is 518 g/mol. The van der Waals surface area contributed by atoms with Crippen molar-refractivity contribution in [1.29, 1.82) is 0 Å². The van der Waals surface area contributed by atoms with Crippen molar-refractivity contribution in [2.45, 2.75) is 48.9 Å². The highest BCUT2D eigenvalue weighted by Gasteiger charge is 2.82. The Kier molecular flexibility index (Phi) is 5.29. The van der Waals surface area contributed by atoms with Crippen LogP contribution in [0.3, 0.4) is 0 Å². The molecule has 3 aromatic rings. The van der Waals surface area contributed by atoms with Crippen molar-refractivity contribution < 1.29 is 40.6 Å². The van der Waals surface area contributed by atoms with E-state index in [0.29, 0.717) is 6.07 Å². The van der Waals surface area contributed by atoms with Crippen LogP contribution in [0, 0.1) is 17.0 Å². The molecule has 1 atom stereocenters. The number of benzene rings is 1. The molecular weight excluding hydrogens is 501 g/mol. The molecule has 2 aromatic heterocycles. The summed E-state index contributed by atoms with van der Waals surface area (Å²) in [6, 6.07) is 4.45. The third-order valence-electron chi connectivity index (χ3n) is 6.94. The van der Waals surface area contributed by atoms with Crippen LogP contribution in [0.1, 0.15) is 30.5 Å². The van der Waals surface area contributed by atoms with Crippen LogP contribution in [0.4, 0.5) is 30.7 Å². The molecule has 3 saturated carbocycles. The number of tetrazole rings is 1. The van der Waals surface area contributed by atoms with E-state index in [1.807, 2.05) is 0 Å². The summed E-state index contributed by atoms with van der Waals surface area (Å²) < 4.78 is 103. The zero-order chi connectivity index (χ0) is 26.0. The molecule has 6 rings (SSSR count). The first-order valence-corrected chi connectivity index (χ1v) is 10.6. The van der Waals surface area contributed by atoms with Gasteiger partial charge in [-0.15, -0.1) is 10.2 Å². The fraction of sp³-hybridized carbons (Fsp3) is 0.476. The fourth-order valence-electron chi connectivity index (χ4n) is 5.33. The predicted molar refractivity (Wildman–Crippen MR) is 105 cm³/mol. The van der Waals surface area contributed by atoms with E-state index in [4.69, 9.17) is 0 Å². The molecule has 0 radical (unpaired) electrons. The lowest BCUT2D eigenvalue weighted by Gasteiger charge is -2.73. The Hall–Kier alpha value is -3.36. The number of halogens is 7. The van der Waals surface area contributed by atoms with Crippen LogP contribution in [-0.2, 0) is 17.6 Å². The third-order valence-corrected chi connectivity index (χ3v) is 6.94. The quantitative estimate of drug-likeness (QED) is 0.457. The zero-order valence-electron chi connectivity index (χ0n) is 18.2. The van der Waals surface area contributed by atoms with Gasteiger partial charge in [0, 0.05) is 28.5 Å². The fourth-order valence-corrected chi connectivity index (χ4v) is 5.33. The van der Waals surface area contributed by atoms with Gasteiger partial charge in [0.25, 0.3) is 5.92 Å². The zero-order valence-corrected chi connectivity index (χ0v) is 18.2. The summed E-state index contributed by atoms with van der Waals surface area (Å²) in [5.74, 6) is -6.65. The largest absolute Gasteiger partial charge is 0.467 e. The van der Waals surface area contributed by atoms with Crippen LogP contribution >= 0.6 is 0 Å². The molecule has 2 bridgehead atoms. The van der Waals surface area contributed by atoms with Gasteiger partial charge in [0.1, 0.15) is 18.0 Å². The first-order chi connectivity index (χ1) is 16.8. The molecule has 0 unspecified atom stereocenters. The highest BCUT2D eigenvalue weighted by molar-refractivity contribution is 5.40. The summed E-state index contributed by atoms with van der Waals surface area (Å²) in [4.78, 5) is 0. The summed E-state index contributed by atoms with van der Waals surface area (Å²) in [6.07, 6.45) is -4.03. The molecule has 3 fully saturated rings. The highest BCUT2D eigenvalue weighted by Crippen LogP contribution is 2.80. The minimum absolute atomic E-state index is 0.148. The Labute approximate surface area is 198 Å². The van der Waals surface area contributed by atoms with E-state index in [1.54, 1.807) is 0 Å². The summed E-state index contributed by atoms with van der Waals surface area (Å²) in [5.41, 5.74) is -6.22. The van der Waals surface area contributed by atoms with Gasteiger partial charge in [-0.25, -0.2) is 22.2 Å². The Morgan fingerprint density at radius 2 is 1.72 bits per heavy atom. The monoisotopic (exact) mass is 518 g/mol. The molecule has 0 amide bonds. The molecule has 36 heavy (non-hydrogen) atoms. The van der Waals surface area contributed by atoms with Crippen molar-refractivity contribution in [3.63, 3.8) is 0 Å². The van der Waals surface area contributed by atoms with Crippen LogP contribution in [0.2, 0.25) is 0 Å². The number of aromatic nitrogens is 6. The van der Waals surface area contributed by atoms with Crippen LogP contribution in [0.5, 0.6) is 5.88 Å². The number of alkyl halides is 5. The van der Waals surface area contributed by atoms with E-state index in [-0.39, 0.29) is 30.8 Å². The lowest BCUT2D eigenvalue weighted by Crippen LogP contribution is -2.76. The summed E-state index contributed by atoms with van der Waals surface area (Å²) >= 11 is 0. The van der Waals surface area contributed by atoms with E-state index in [1.165, 1.54) is 12.1 Å². The molecule has 2 heterocycles. The lowest BCUT2D eigenvalue weighted by molar-refractivity contribution is -0.348. The Morgan fingerprint density at radius 3 is 2.28 bits per heavy atom. The van der Waals surface area contributed by atoms with Crippen LogP contribution in [0.15, 0.2) is 36.7 Å². The number of aliphatic hydroxyl groups is 1. The van der Waals surface area contributed by atoms with Crippen molar-refractivity contribution in [2.24, 2.45) is 5.41 Å². The molecule has 1 N–H and O–H groups in total. The van der Waals surface area contributed by atoms with Crippen LogP contribution < -0.4 is 4.74 Å². The first kappa shape index (κ1) is 24.3. The van der Waals surface area contributed by atoms with E-state index >= 15 is 8.78 Å². The minimum Gasteiger partial charge on any atom is -0.467 e. The Morgan fingerprint density at radius 1 is 1.00 bits per heavy atom. The van der Waals surface area contributed by atoms with Gasteiger partial charge in [-0.2, -0.15) is 18.3 Å². The number of hydrogen-bond donors (Lipinski definition) is 1.